The number of carbonyl (C=O) groups is 2. The van der Waals surface area contributed by atoms with Crippen molar-refractivity contribution in [2.45, 2.75) is 88.4 Å². The first-order chi connectivity index (χ1) is 16.7. The molecule has 1 aliphatic carbocycles. The quantitative estimate of drug-likeness (QED) is 0.305. The zero-order chi connectivity index (χ0) is 25.4. The molecular formula is C24H34N4O6S. The first-order valence-corrected chi connectivity index (χ1v) is 13.6. The maximum Gasteiger partial charge on any atom is 0.306 e. The lowest BCUT2D eigenvalue weighted by atomic mass is 9.84. The summed E-state index contributed by atoms with van der Waals surface area (Å²) in [5.74, 6) is -1.61. The molecule has 35 heavy (non-hydrogen) atoms. The fraction of sp³-hybridized carbons (Fsp3) is 0.583. The molecule has 3 N–H and O–H groups in total. The van der Waals surface area contributed by atoms with Crippen LogP contribution in [0.4, 0.5) is 0 Å². The molecule has 11 heteroatoms. The lowest BCUT2D eigenvalue weighted by molar-refractivity contribution is -0.129. The molecule has 2 aromatic rings. The Labute approximate surface area is 205 Å². The lowest BCUT2D eigenvalue weighted by Crippen LogP contribution is -2.31. The first-order valence-electron chi connectivity index (χ1n) is 12.1. The summed E-state index contributed by atoms with van der Waals surface area (Å²) in [5, 5.41) is 12.6. The SMILES string of the molecule is CC(C)c1ccc(S(=O)(=O)NC(=O)c2noc(C(CCCC3CCCCC3)CC(=O)NO)n2)cc1. The maximum absolute atomic E-state index is 12.6. The third-order valence-corrected chi connectivity index (χ3v) is 7.87. The van der Waals surface area contributed by atoms with Crippen LogP contribution in [-0.2, 0) is 14.8 Å². The van der Waals surface area contributed by atoms with Gasteiger partial charge in [-0.1, -0.05) is 76.1 Å². The molecule has 1 aromatic heterocycles. The average molecular weight is 507 g/mol. The smallest absolute Gasteiger partial charge is 0.306 e. The molecule has 1 heterocycles. The van der Waals surface area contributed by atoms with Crippen molar-refractivity contribution in [1.29, 1.82) is 0 Å². The third-order valence-electron chi connectivity index (χ3n) is 6.52. The minimum absolute atomic E-state index is 0.0563. The molecule has 3 rings (SSSR count). The Morgan fingerprint density at radius 1 is 1.14 bits per heavy atom. The van der Waals surface area contributed by atoms with Crippen molar-refractivity contribution in [3.63, 3.8) is 0 Å². The monoisotopic (exact) mass is 506 g/mol. The second-order valence-electron chi connectivity index (χ2n) is 9.49. The number of hydroxylamine groups is 1. The van der Waals surface area contributed by atoms with E-state index in [1.807, 2.05) is 18.6 Å². The molecule has 0 bridgehead atoms. The van der Waals surface area contributed by atoms with Crippen LogP contribution in [0.2, 0.25) is 0 Å². The zero-order valence-corrected chi connectivity index (χ0v) is 21.0. The van der Waals surface area contributed by atoms with Crippen molar-refractivity contribution >= 4 is 21.8 Å². The summed E-state index contributed by atoms with van der Waals surface area (Å²) in [6.07, 6.45) is 8.51. The highest BCUT2D eigenvalue weighted by Gasteiger charge is 2.27. The highest BCUT2D eigenvalue weighted by Crippen LogP contribution is 2.31. The summed E-state index contributed by atoms with van der Waals surface area (Å²) in [6.45, 7) is 3.99. The Hall–Kier alpha value is -2.79. The van der Waals surface area contributed by atoms with Crippen LogP contribution in [0.3, 0.4) is 0 Å². The lowest BCUT2D eigenvalue weighted by Gasteiger charge is -2.22. The van der Waals surface area contributed by atoms with E-state index in [4.69, 9.17) is 9.73 Å². The normalized spacial score (nSPS) is 15.7. The van der Waals surface area contributed by atoms with Gasteiger partial charge < -0.3 is 4.52 Å². The predicted octanol–water partition coefficient (Wildman–Crippen LogP) is 4.04. The van der Waals surface area contributed by atoms with Crippen LogP contribution >= 0.6 is 0 Å². The van der Waals surface area contributed by atoms with Gasteiger partial charge in [0.05, 0.1) is 4.90 Å². The standard InChI is InChI=1S/C24H34N4O6S/c1-16(2)18-11-13-20(14-12-18)35(32,33)28-23(30)22-25-24(34-27-22)19(15-21(29)26-31)10-6-9-17-7-4-3-5-8-17/h11-14,16-17,19,31H,3-10,15H2,1-2H3,(H,26,29)(H,28,30). The Kier molecular flexibility index (Phi) is 9.39. The number of hydrogen-bond acceptors (Lipinski definition) is 8. The van der Waals surface area contributed by atoms with E-state index in [9.17, 15) is 18.0 Å². The Bertz CT molecular complexity index is 1090. The van der Waals surface area contributed by atoms with Crippen molar-refractivity contribution in [3.8, 4) is 0 Å². The van der Waals surface area contributed by atoms with Crippen LogP contribution in [0.15, 0.2) is 33.7 Å². The fourth-order valence-corrected chi connectivity index (χ4v) is 5.41. The molecule has 0 aliphatic heterocycles. The number of sulfonamides is 1. The molecule has 1 aliphatic rings. The number of rotatable bonds is 11. The summed E-state index contributed by atoms with van der Waals surface area (Å²) < 4.78 is 32.4. The number of carbonyl (C=O) groups excluding carboxylic acids is 2. The van der Waals surface area contributed by atoms with E-state index in [1.165, 1.54) is 44.2 Å². The zero-order valence-electron chi connectivity index (χ0n) is 20.2. The summed E-state index contributed by atoms with van der Waals surface area (Å²) in [6, 6.07) is 6.26. The third kappa shape index (κ3) is 7.60. The second-order valence-corrected chi connectivity index (χ2v) is 11.2. The number of benzene rings is 1. The van der Waals surface area contributed by atoms with Gasteiger partial charge in [0.1, 0.15) is 0 Å². The summed E-state index contributed by atoms with van der Waals surface area (Å²) in [5.41, 5.74) is 2.58. The molecule has 1 unspecified atom stereocenters. The summed E-state index contributed by atoms with van der Waals surface area (Å²) in [7, 11) is -4.13. The van der Waals surface area contributed by atoms with E-state index < -0.39 is 33.6 Å². The van der Waals surface area contributed by atoms with E-state index in [2.05, 4.69) is 10.1 Å². The predicted molar refractivity (Wildman–Crippen MR) is 127 cm³/mol. The molecule has 2 amide bonds. The number of nitrogens with one attached hydrogen (secondary N) is 2. The molecule has 1 atom stereocenters. The fourth-order valence-electron chi connectivity index (χ4n) is 4.46. The van der Waals surface area contributed by atoms with Crippen molar-refractivity contribution < 1.29 is 27.7 Å². The van der Waals surface area contributed by atoms with Crippen LogP contribution in [0.25, 0.3) is 0 Å². The van der Waals surface area contributed by atoms with Crippen LogP contribution in [0.5, 0.6) is 0 Å². The van der Waals surface area contributed by atoms with Gasteiger partial charge in [-0.3, -0.25) is 14.8 Å². The molecule has 192 valence electrons. The molecular weight excluding hydrogens is 472 g/mol. The van der Waals surface area contributed by atoms with Crippen LogP contribution in [-0.4, -0.2) is 35.6 Å². The molecule has 1 fully saturated rings. The number of amides is 2. The van der Waals surface area contributed by atoms with Gasteiger partial charge in [-0.05, 0) is 36.0 Å². The van der Waals surface area contributed by atoms with Gasteiger partial charge in [-0.25, -0.2) is 18.6 Å². The van der Waals surface area contributed by atoms with Crippen LogP contribution in [0, 0.1) is 5.92 Å². The van der Waals surface area contributed by atoms with Gasteiger partial charge in [-0.2, -0.15) is 4.98 Å². The van der Waals surface area contributed by atoms with Crippen LogP contribution in [0.1, 0.15) is 106 Å². The van der Waals surface area contributed by atoms with Gasteiger partial charge >= 0.3 is 5.91 Å². The number of hydrogen-bond donors (Lipinski definition) is 3. The van der Waals surface area contributed by atoms with E-state index in [0.29, 0.717) is 12.3 Å². The molecule has 10 nitrogen and oxygen atoms in total. The highest BCUT2D eigenvalue weighted by atomic mass is 32.2. The van der Waals surface area contributed by atoms with E-state index in [1.54, 1.807) is 17.6 Å². The van der Waals surface area contributed by atoms with E-state index in [0.717, 1.165) is 18.4 Å². The second kappa shape index (κ2) is 12.3. The minimum atomic E-state index is -4.13. The summed E-state index contributed by atoms with van der Waals surface area (Å²) in [4.78, 5) is 28.4. The molecule has 1 saturated carbocycles. The first kappa shape index (κ1) is 26.8. The topological polar surface area (TPSA) is 151 Å². The largest absolute Gasteiger partial charge is 0.338 e. The summed E-state index contributed by atoms with van der Waals surface area (Å²) >= 11 is 0. The van der Waals surface area contributed by atoms with Gasteiger partial charge in [0.2, 0.25) is 11.8 Å². The van der Waals surface area contributed by atoms with Crippen molar-refractivity contribution in [1.82, 2.24) is 20.3 Å². The Morgan fingerprint density at radius 3 is 2.46 bits per heavy atom. The van der Waals surface area contributed by atoms with Crippen molar-refractivity contribution in [3.05, 3.63) is 41.5 Å². The van der Waals surface area contributed by atoms with Gasteiger partial charge in [-0.15, -0.1) is 0 Å². The molecule has 0 spiro atoms. The molecule has 0 radical (unpaired) electrons. The Morgan fingerprint density at radius 2 is 1.83 bits per heavy atom. The number of aromatic nitrogens is 2. The maximum atomic E-state index is 12.6. The minimum Gasteiger partial charge on any atom is -0.338 e. The van der Waals surface area contributed by atoms with Gasteiger partial charge in [0.15, 0.2) is 0 Å². The molecule has 1 aromatic carbocycles. The average Bonchev–Trinajstić information content (AvgIpc) is 3.34. The van der Waals surface area contributed by atoms with Gasteiger partial charge in [0, 0.05) is 12.3 Å². The number of nitrogens with zero attached hydrogens (tertiary/aromatic N) is 2. The van der Waals surface area contributed by atoms with Crippen molar-refractivity contribution in [2.75, 3.05) is 0 Å². The van der Waals surface area contributed by atoms with E-state index >= 15 is 0 Å². The van der Waals surface area contributed by atoms with E-state index in [-0.39, 0.29) is 23.1 Å². The molecule has 0 saturated heterocycles. The van der Waals surface area contributed by atoms with Gasteiger partial charge in [0.25, 0.3) is 15.8 Å². The highest BCUT2D eigenvalue weighted by molar-refractivity contribution is 7.90. The Balaban J connectivity index is 1.65. The van der Waals surface area contributed by atoms with Crippen molar-refractivity contribution in [2.24, 2.45) is 5.92 Å². The van der Waals surface area contributed by atoms with Crippen LogP contribution < -0.4 is 10.2 Å².